The number of nitrogens with one attached hydrogen (secondary N) is 1. The standard InChI is InChI=1S/C19H21N3S.ClH/c1-2-8-17(9-3-1)22-11-10-18(14-22)23-19-20-12-15-6-4-5-7-16(15)13-21-19;/h1-9,18H,10-14H2,(H,20,21);1H. The Morgan fingerprint density at radius 1 is 1.00 bits per heavy atom. The summed E-state index contributed by atoms with van der Waals surface area (Å²) in [6.45, 7) is 3.91. The van der Waals surface area contributed by atoms with E-state index in [-0.39, 0.29) is 12.4 Å². The maximum atomic E-state index is 4.78. The smallest absolute Gasteiger partial charge is 0.157 e. The van der Waals surface area contributed by atoms with Crippen LogP contribution in [0.3, 0.4) is 0 Å². The zero-order chi connectivity index (χ0) is 15.5. The third-order valence-corrected chi connectivity index (χ3v) is 5.70. The SMILES string of the molecule is Cl.c1ccc(N2CCC(SC3=NCc4ccccc4CN3)C2)cc1. The molecule has 1 fully saturated rings. The lowest BCUT2D eigenvalue weighted by Crippen LogP contribution is -2.24. The van der Waals surface area contributed by atoms with Gasteiger partial charge in [-0.15, -0.1) is 12.4 Å². The Bertz CT molecular complexity index is 705. The van der Waals surface area contributed by atoms with Crippen LogP contribution in [0.15, 0.2) is 59.6 Å². The molecule has 1 N–H and O–H groups in total. The molecule has 1 saturated heterocycles. The van der Waals surface area contributed by atoms with E-state index in [1.807, 2.05) is 11.8 Å². The third kappa shape index (κ3) is 3.87. The predicted molar refractivity (Wildman–Crippen MR) is 106 cm³/mol. The van der Waals surface area contributed by atoms with Gasteiger partial charge in [0.25, 0.3) is 0 Å². The van der Waals surface area contributed by atoms with E-state index < -0.39 is 0 Å². The molecule has 0 spiro atoms. The van der Waals surface area contributed by atoms with Crippen LogP contribution in [0, 0.1) is 0 Å². The van der Waals surface area contributed by atoms with Gasteiger partial charge in [0, 0.05) is 30.6 Å². The van der Waals surface area contributed by atoms with Gasteiger partial charge in [-0.3, -0.25) is 4.99 Å². The van der Waals surface area contributed by atoms with Crippen molar-refractivity contribution in [3.8, 4) is 0 Å². The van der Waals surface area contributed by atoms with E-state index in [9.17, 15) is 0 Å². The van der Waals surface area contributed by atoms with Gasteiger partial charge in [0.15, 0.2) is 5.17 Å². The Morgan fingerprint density at radius 3 is 2.58 bits per heavy atom. The van der Waals surface area contributed by atoms with Crippen LogP contribution < -0.4 is 10.2 Å². The summed E-state index contributed by atoms with van der Waals surface area (Å²) in [6, 6.07) is 19.3. The fourth-order valence-corrected chi connectivity index (χ4v) is 4.29. The molecule has 126 valence electrons. The lowest BCUT2D eigenvalue weighted by atomic mass is 10.1. The van der Waals surface area contributed by atoms with E-state index in [1.54, 1.807) is 0 Å². The number of thioether (sulfide) groups is 1. The summed E-state index contributed by atoms with van der Waals surface area (Å²) < 4.78 is 0. The monoisotopic (exact) mass is 359 g/mol. The average Bonchev–Trinajstić information content (AvgIpc) is 2.97. The van der Waals surface area contributed by atoms with Crippen molar-refractivity contribution in [2.45, 2.75) is 24.8 Å². The molecule has 4 rings (SSSR count). The van der Waals surface area contributed by atoms with E-state index in [0.29, 0.717) is 5.25 Å². The highest BCUT2D eigenvalue weighted by Crippen LogP contribution is 2.28. The normalized spacial score (nSPS) is 19.6. The highest BCUT2D eigenvalue weighted by atomic mass is 35.5. The summed E-state index contributed by atoms with van der Waals surface area (Å²) in [4.78, 5) is 7.25. The van der Waals surface area contributed by atoms with Gasteiger partial charge in [-0.25, -0.2) is 0 Å². The molecule has 0 aliphatic carbocycles. The van der Waals surface area contributed by atoms with Crippen molar-refractivity contribution in [1.29, 1.82) is 0 Å². The molecule has 2 aromatic carbocycles. The minimum atomic E-state index is 0. The Kier molecular flexibility index (Phi) is 5.69. The van der Waals surface area contributed by atoms with Gasteiger partial charge in [0.2, 0.25) is 0 Å². The molecule has 0 radical (unpaired) electrons. The lowest BCUT2D eigenvalue weighted by molar-refractivity contribution is 0.926. The van der Waals surface area contributed by atoms with Gasteiger partial charge >= 0.3 is 0 Å². The number of hydrogen-bond donors (Lipinski definition) is 1. The maximum Gasteiger partial charge on any atom is 0.157 e. The van der Waals surface area contributed by atoms with Gasteiger partial charge in [-0.1, -0.05) is 54.2 Å². The first-order valence-electron chi connectivity index (χ1n) is 8.20. The number of para-hydroxylation sites is 1. The summed E-state index contributed by atoms with van der Waals surface area (Å²) >= 11 is 1.91. The zero-order valence-electron chi connectivity index (χ0n) is 13.5. The molecule has 0 aromatic heterocycles. The number of halogens is 1. The van der Waals surface area contributed by atoms with Crippen LogP contribution >= 0.6 is 24.2 Å². The van der Waals surface area contributed by atoms with Crippen molar-refractivity contribution >= 4 is 35.0 Å². The molecule has 1 atom stereocenters. The number of rotatable bonds is 2. The van der Waals surface area contributed by atoms with Crippen molar-refractivity contribution in [2.24, 2.45) is 4.99 Å². The fraction of sp³-hybridized carbons (Fsp3) is 0.316. The molecular weight excluding hydrogens is 338 g/mol. The molecule has 3 nitrogen and oxygen atoms in total. The second kappa shape index (κ2) is 7.95. The van der Waals surface area contributed by atoms with Crippen LogP contribution in [0.2, 0.25) is 0 Å². The van der Waals surface area contributed by atoms with Crippen molar-refractivity contribution in [3.63, 3.8) is 0 Å². The number of nitrogens with zero attached hydrogens (tertiary/aromatic N) is 2. The van der Waals surface area contributed by atoms with E-state index in [2.05, 4.69) is 64.8 Å². The summed E-state index contributed by atoms with van der Waals surface area (Å²) in [5.41, 5.74) is 4.04. The molecule has 2 heterocycles. The first kappa shape index (κ1) is 17.2. The number of amidine groups is 1. The van der Waals surface area contributed by atoms with Crippen molar-refractivity contribution in [2.75, 3.05) is 18.0 Å². The number of anilines is 1. The number of aliphatic imine (C=N–C) groups is 1. The van der Waals surface area contributed by atoms with Crippen LogP contribution in [0.4, 0.5) is 5.69 Å². The summed E-state index contributed by atoms with van der Waals surface area (Å²) in [6.07, 6.45) is 1.22. The molecule has 0 saturated carbocycles. The van der Waals surface area contributed by atoms with Gasteiger partial charge in [0.1, 0.15) is 0 Å². The summed E-state index contributed by atoms with van der Waals surface area (Å²) in [7, 11) is 0. The number of fused-ring (bicyclic) bond motifs is 1. The molecule has 5 heteroatoms. The van der Waals surface area contributed by atoms with Gasteiger partial charge in [-0.05, 0) is 29.7 Å². The van der Waals surface area contributed by atoms with Crippen LogP contribution in [-0.4, -0.2) is 23.5 Å². The average molecular weight is 360 g/mol. The summed E-state index contributed by atoms with van der Waals surface area (Å²) in [5.74, 6) is 0. The Hall–Kier alpha value is -1.65. The topological polar surface area (TPSA) is 27.6 Å². The van der Waals surface area contributed by atoms with Crippen LogP contribution in [-0.2, 0) is 13.1 Å². The van der Waals surface area contributed by atoms with Crippen molar-refractivity contribution < 1.29 is 0 Å². The molecule has 2 aliphatic rings. The molecular formula is C19H22ClN3S. The Labute approximate surface area is 154 Å². The highest BCUT2D eigenvalue weighted by Gasteiger charge is 2.25. The van der Waals surface area contributed by atoms with E-state index >= 15 is 0 Å². The third-order valence-electron chi connectivity index (χ3n) is 4.49. The summed E-state index contributed by atoms with van der Waals surface area (Å²) in [5, 5.41) is 5.23. The van der Waals surface area contributed by atoms with E-state index in [4.69, 9.17) is 4.99 Å². The first-order chi connectivity index (χ1) is 11.4. The predicted octanol–water partition coefficient (Wildman–Crippen LogP) is 4.08. The molecule has 2 aliphatic heterocycles. The van der Waals surface area contributed by atoms with Crippen LogP contribution in [0.25, 0.3) is 0 Å². The minimum absolute atomic E-state index is 0. The Balaban J connectivity index is 0.00000169. The molecule has 0 bridgehead atoms. The zero-order valence-corrected chi connectivity index (χ0v) is 15.2. The largest absolute Gasteiger partial charge is 0.370 e. The van der Waals surface area contributed by atoms with Crippen molar-refractivity contribution in [1.82, 2.24) is 5.32 Å². The van der Waals surface area contributed by atoms with Crippen LogP contribution in [0.5, 0.6) is 0 Å². The minimum Gasteiger partial charge on any atom is -0.370 e. The molecule has 0 amide bonds. The maximum absolute atomic E-state index is 4.78. The van der Waals surface area contributed by atoms with E-state index in [1.165, 1.54) is 23.2 Å². The fourth-order valence-electron chi connectivity index (χ4n) is 3.20. The Morgan fingerprint density at radius 2 is 1.75 bits per heavy atom. The second-order valence-corrected chi connectivity index (χ2v) is 7.34. The van der Waals surface area contributed by atoms with Gasteiger partial charge < -0.3 is 10.2 Å². The van der Waals surface area contributed by atoms with Gasteiger partial charge in [-0.2, -0.15) is 0 Å². The molecule has 2 aromatic rings. The molecule has 1 unspecified atom stereocenters. The highest BCUT2D eigenvalue weighted by molar-refractivity contribution is 8.14. The van der Waals surface area contributed by atoms with Gasteiger partial charge in [0.05, 0.1) is 6.54 Å². The molecule has 24 heavy (non-hydrogen) atoms. The second-order valence-electron chi connectivity index (χ2n) is 6.05. The first-order valence-corrected chi connectivity index (χ1v) is 9.08. The number of benzene rings is 2. The number of hydrogen-bond acceptors (Lipinski definition) is 4. The van der Waals surface area contributed by atoms with E-state index in [0.717, 1.165) is 31.3 Å². The quantitative estimate of drug-likeness (QED) is 0.875. The van der Waals surface area contributed by atoms with Crippen LogP contribution in [0.1, 0.15) is 17.5 Å². The van der Waals surface area contributed by atoms with Crippen molar-refractivity contribution in [3.05, 3.63) is 65.7 Å². The lowest BCUT2D eigenvalue weighted by Gasteiger charge is -2.18.